The van der Waals surface area contributed by atoms with E-state index in [4.69, 9.17) is 0 Å². The van der Waals surface area contributed by atoms with E-state index in [0.717, 1.165) is 13.3 Å². The number of Topliss-reactive ketones (excluding diaryl/α,β-unsaturated/α-hetero) is 1. The number of imide groups is 1. The van der Waals surface area contributed by atoms with Crippen molar-refractivity contribution in [1.82, 2.24) is 10.2 Å². The molecule has 1 aromatic heterocycles. The summed E-state index contributed by atoms with van der Waals surface area (Å²) in [7, 11) is 0. The molecule has 1 fully saturated rings. The summed E-state index contributed by atoms with van der Waals surface area (Å²) in [6.45, 7) is 1.40. The number of urea groups is 1. The number of hydrogen-bond donors (Lipinski definition) is 1. The number of hydrogen-bond acceptors (Lipinski definition) is 4. The number of rotatable bonds is 4. The van der Waals surface area contributed by atoms with E-state index in [2.05, 4.69) is 27.9 Å². The molecule has 1 saturated heterocycles. The first-order chi connectivity index (χ1) is 10.9. The first-order valence-corrected chi connectivity index (χ1v) is 8.84. The van der Waals surface area contributed by atoms with E-state index in [1.165, 1.54) is 11.3 Å². The Morgan fingerprint density at radius 2 is 1.96 bits per heavy atom. The lowest BCUT2D eigenvalue weighted by Crippen LogP contribution is -2.40. The molecule has 0 radical (unpaired) electrons. The Balaban J connectivity index is 1.81. The maximum Gasteiger partial charge on any atom is 0.325 e. The zero-order valence-electron chi connectivity index (χ0n) is 12.2. The van der Waals surface area contributed by atoms with Crippen molar-refractivity contribution < 1.29 is 14.4 Å². The summed E-state index contributed by atoms with van der Waals surface area (Å²) in [6.07, 6.45) is 0. The molecule has 2 aromatic rings. The molecule has 1 aliphatic rings. The summed E-state index contributed by atoms with van der Waals surface area (Å²) < 4.78 is 1.01. The van der Waals surface area contributed by atoms with Gasteiger partial charge in [-0.05, 0) is 53.1 Å². The third kappa shape index (κ3) is 2.90. The highest BCUT2D eigenvalue weighted by Crippen LogP contribution is 2.31. The largest absolute Gasteiger partial charge is 0.325 e. The van der Waals surface area contributed by atoms with Crippen LogP contribution in [0.1, 0.15) is 22.2 Å². The van der Waals surface area contributed by atoms with Crippen molar-refractivity contribution in [3.8, 4) is 0 Å². The normalized spacial score (nSPS) is 20.7. The molecule has 7 heteroatoms. The number of ketones is 1. The number of benzene rings is 1. The average molecular weight is 440 g/mol. The average Bonchev–Trinajstić information content (AvgIpc) is 3.12. The van der Waals surface area contributed by atoms with Gasteiger partial charge in [0.25, 0.3) is 5.91 Å². The van der Waals surface area contributed by atoms with E-state index in [1.807, 2.05) is 23.6 Å². The van der Waals surface area contributed by atoms with E-state index in [0.29, 0.717) is 5.56 Å². The fraction of sp³-hybridized carbons (Fsp3) is 0.188. The third-order valence-electron chi connectivity index (χ3n) is 3.76. The summed E-state index contributed by atoms with van der Waals surface area (Å²) in [5.74, 6) is -0.663. The molecular formula is C16H13IN2O3S. The monoisotopic (exact) mass is 440 g/mol. The van der Waals surface area contributed by atoms with E-state index in [1.54, 1.807) is 25.1 Å². The van der Waals surface area contributed by atoms with E-state index in [-0.39, 0.29) is 12.3 Å². The van der Waals surface area contributed by atoms with Gasteiger partial charge in [-0.3, -0.25) is 14.5 Å². The van der Waals surface area contributed by atoms with Crippen molar-refractivity contribution in [2.24, 2.45) is 0 Å². The number of halogens is 1. The molecule has 23 heavy (non-hydrogen) atoms. The molecule has 3 rings (SSSR count). The van der Waals surface area contributed by atoms with Crippen molar-refractivity contribution in [2.45, 2.75) is 12.5 Å². The summed E-state index contributed by atoms with van der Waals surface area (Å²) in [6, 6.07) is 10.1. The van der Waals surface area contributed by atoms with Gasteiger partial charge in [0.2, 0.25) is 0 Å². The van der Waals surface area contributed by atoms with Crippen molar-refractivity contribution in [1.29, 1.82) is 0 Å². The van der Waals surface area contributed by atoms with Gasteiger partial charge in [0.1, 0.15) is 0 Å². The number of thiophene rings is 1. The molecule has 1 aromatic carbocycles. The zero-order chi connectivity index (χ0) is 16.6. The Morgan fingerprint density at radius 1 is 1.26 bits per heavy atom. The quantitative estimate of drug-likeness (QED) is 0.452. The summed E-state index contributed by atoms with van der Waals surface area (Å²) >= 11 is 3.54. The van der Waals surface area contributed by atoms with Crippen LogP contribution in [0.25, 0.3) is 0 Å². The lowest BCUT2D eigenvalue weighted by molar-refractivity contribution is -0.130. The molecule has 5 nitrogen and oxygen atoms in total. The minimum absolute atomic E-state index is 0.258. The van der Waals surface area contributed by atoms with Crippen LogP contribution >= 0.6 is 33.9 Å². The van der Waals surface area contributed by atoms with Gasteiger partial charge in [-0.15, -0.1) is 11.3 Å². The third-order valence-corrected chi connectivity index (χ3v) is 5.57. The van der Waals surface area contributed by atoms with Crippen LogP contribution in [0.4, 0.5) is 4.79 Å². The maximum atomic E-state index is 12.7. The van der Waals surface area contributed by atoms with Crippen LogP contribution in [-0.4, -0.2) is 29.2 Å². The summed E-state index contributed by atoms with van der Waals surface area (Å²) in [4.78, 5) is 38.9. The number of nitrogens with one attached hydrogen (secondary N) is 1. The van der Waals surface area contributed by atoms with Crippen molar-refractivity contribution in [2.75, 3.05) is 6.54 Å². The summed E-state index contributed by atoms with van der Waals surface area (Å²) in [5.41, 5.74) is -0.617. The fourth-order valence-corrected chi connectivity index (χ4v) is 3.64. The Hall–Kier alpha value is -1.74. The molecule has 0 aliphatic carbocycles. The van der Waals surface area contributed by atoms with E-state index in [9.17, 15) is 14.4 Å². The molecule has 0 spiro atoms. The lowest BCUT2D eigenvalue weighted by atomic mass is 10.0. The molecule has 1 unspecified atom stereocenters. The van der Waals surface area contributed by atoms with Crippen LogP contribution < -0.4 is 5.32 Å². The molecule has 0 saturated carbocycles. The van der Waals surface area contributed by atoms with Crippen LogP contribution in [0.2, 0.25) is 0 Å². The Bertz CT molecular complexity index is 773. The molecule has 118 valence electrons. The Labute approximate surface area is 150 Å². The highest BCUT2D eigenvalue weighted by molar-refractivity contribution is 14.1. The van der Waals surface area contributed by atoms with Gasteiger partial charge in [-0.1, -0.05) is 18.2 Å². The van der Waals surface area contributed by atoms with Crippen molar-refractivity contribution in [3.63, 3.8) is 0 Å². The minimum atomic E-state index is -1.10. The summed E-state index contributed by atoms with van der Waals surface area (Å²) in [5, 5.41) is 4.54. The fourth-order valence-electron chi connectivity index (χ4n) is 2.44. The Morgan fingerprint density at radius 3 is 2.57 bits per heavy atom. The molecule has 2 heterocycles. The lowest BCUT2D eigenvalue weighted by Gasteiger charge is -2.19. The number of carbonyl (C=O) groups excluding carboxylic acids is 3. The maximum absolute atomic E-state index is 12.7. The second-order valence-electron chi connectivity index (χ2n) is 5.35. The molecule has 3 amide bonds. The van der Waals surface area contributed by atoms with Gasteiger partial charge >= 0.3 is 6.03 Å². The predicted octanol–water partition coefficient (Wildman–Crippen LogP) is 3.00. The number of carbonyl (C=O) groups is 3. The van der Waals surface area contributed by atoms with Crippen molar-refractivity contribution >= 4 is 51.6 Å². The second-order valence-corrected chi connectivity index (χ2v) is 7.55. The standard InChI is InChI=1S/C16H13IN2O3S/c1-16(13-3-2-8-23-13)14(21)19(15(22)18-16)9-12(20)10-4-6-11(17)7-5-10/h2-8H,9H2,1H3,(H,18,22). The molecule has 0 bridgehead atoms. The SMILES string of the molecule is CC1(c2cccs2)NC(=O)N(CC(=O)c2ccc(I)cc2)C1=O. The minimum Gasteiger partial charge on any atom is -0.319 e. The van der Waals surface area contributed by atoms with Gasteiger partial charge in [-0.25, -0.2) is 4.79 Å². The highest BCUT2D eigenvalue weighted by Gasteiger charge is 2.50. The zero-order valence-corrected chi connectivity index (χ0v) is 15.2. The first-order valence-electron chi connectivity index (χ1n) is 6.88. The van der Waals surface area contributed by atoms with Crippen molar-refractivity contribution in [3.05, 3.63) is 55.8 Å². The first kappa shape index (κ1) is 16.1. The number of nitrogens with zero attached hydrogens (tertiary/aromatic N) is 1. The highest BCUT2D eigenvalue weighted by atomic mass is 127. The van der Waals surface area contributed by atoms with Crippen LogP contribution in [0.3, 0.4) is 0 Å². The van der Waals surface area contributed by atoms with Crippen LogP contribution in [0.15, 0.2) is 41.8 Å². The number of amides is 3. The molecule has 1 atom stereocenters. The second kappa shape index (κ2) is 6.04. The van der Waals surface area contributed by atoms with Crippen LogP contribution in [0.5, 0.6) is 0 Å². The van der Waals surface area contributed by atoms with Gasteiger partial charge in [0, 0.05) is 14.0 Å². The van der Waals surface area contributed by atoms with Gasteiger partial charge in [0.15, 0.2) is 11.3 Å². The van der Waals surface area contributed by atoms with E-state index >= 15 is 0 Å². The predicted molar refractivity (Wildman–Crippen MR) is 95.4 cm³/mol. The molecule has 1 aliphatic heterocycles. The van der Waals surface area contributed by atoms with Gasteiger partial charge in [-0.2, -0.15) is 0 Å². The van der Waals surface area contributed by atoms with Crippen LogP contribution in [0, 0.1) is 3.57 Å². The van der Waals surface area contributed by atoms with Crippen LogP contribution in [-0.2, 0) is 10.3 Å². The van der Waals surface area contributed by atoms with Gasteiger partial charge < -0.3 is 5.32 Å². The van der Waals surface area contributed by atoms with E-state index < -0.39 is 17.5 Å². The molecular weight excluding hydrogens is 427 g/mol. The Kier molecular flexibility index (Phi) is 4.24. The topological polar surface area (TPSA) is 66.5 Å². The smallest absolute Gasteiger partial charge is 0.319 e. The molecule has 1 N–H and O–H groups in total. The van der Waals surface area contributed by atoms with Gasteiger partial charge in [0.05, 0.1) is 6.54 Å².